The van der Waals surface area contributed by atoms with Crippen LogP contribution in [0.25, 0.3) is 0 Å². The molecule has 0 amide bonds. The molecular weight excluding hydrogens is 630 g/mol. The number of benzene rings is 2. The van der Waals surface area contributed by atoms with Crippen LogP contribution in [0.1, 0.15) is 20.7 Å². The Hall–Kier alpha value is -3.47. The van der Waals surface area contributed by atoms with Crippen LogP contribution in [0.2, 0.25) is 20.1 Å². The van der Waals surface area contributed by atoms with E-state index in [2.05, 4.69) is 9.97 Å². The van der Waals surface area contributed by atoms with Crippen molar-refractivity contribution < 1.29 is 33.6 Å². The molecular formula is C26H17Cl5N2O7. The molecule has 2 aromatic heterocycles. The zero-order valence-electron chi connectivity index (χ0n) is 20.5. The third-order valence-corrected chi connectivity index (χ3v) is 6.43. The molecule has 2 heterocycles. The van der Waals surface area contributed by atoms with Crippen molar-refractivity contribution in [3.63, 3.8) is 0 Å². The molecule has 0 radical (unpaired) electrons. The Morgan fingerprint density at radius 2 is 1.07 bits per heavy atom. The average molecular weight is 647 g/mol. The zero-order valence-corrected chi connectivity index (χ0v) is 24.2. The first-order chi connectivity index (χ1) is 19.0. The number of aromatic nitrogens is 2. The van der Waals surface area contributed by atoms with Crippen LogP contribution in [0.5, 0.6) is 34.8 Å². The van der Waals surface area contributed by atoms with Crippen molar-refractivity contribution in [1.82, 2.24) is 9.97 Å². The second kappa shape index (κ2) is 14.2. The predicted molar refractivity (Wildman–Crippen MR) is 152 cm³/mol. The van der Waals surface area contributed by atoms with Crippen molar-refractivity contribution in [2.45, 2.75) is 0 Å². The van der Waals surface area contributed by atoms with Crippen molar-refractivity contribution in [2.75, 3.05) is 14.2 Å². The van der Waals surface area contributed by atoms with Crippen LogP contribution in [0.4, 0.5) is 0 Å². The minimum Gasteiger partial charge on any atom is -0.478 e. The summed E-state index contributed by atoms with van der Waals surface area (Å²) in [6, 6.07) is 11.8. The topological polar surface area (TPSA) is 117 Å². The lowest BCUT2D eigenvalue weighted by atomic mass is 10.2. The lowest BCUT2D eigenvalue weighted by Crippen LogP contribution is -2.01. The van der Waals surface area contributed by atoms with E-state index in [0.717, 1.165) is 0 Å². The number of methoxy groups -OCH3 is 2. The molecule has 0 aliphatic rings. The van der Waals surface area contributed by atoms with E-state index in [1.165, 1.54) is 44.7 Å². The Balaban J connectivity index is 0.000000220. The fourth-order valence-electron chi connectivity index (χ4n) is 3.00. The van der Waals surface area contributed by atoms with Crippen LogP contribution in [0.3, 0.4) is 0 Å². The fraction of sp³-hybridized carbons (Fsp3) is 0.0769. The first-order valence-corrected chi connectivity index (χ1v) is 12.7. The summed E-state index contributed by atoms with van der Waals surface area (Å²) in [5.74, 6) is 0.148. The minimum absolute atomic E-state index is 0.0539. The smallest absolute Gasteiger partial charge is 0.339 e. The molecule has 0 saturated heterocycles. The lowest BCUT2D eigenvalue weighted by molar-refractivity contribution is 0.0694. The molecule has 0 saturated carbocycles. The predicted octanol–water partition coefficient (Wildman–Crippen LogP) is 8.46. The van der Waals surface area contributed by atoms with Gasteiger partial charge in [-0.2, -0.15) is 0 Å². The highest BCUT2D eigenvalue weighted by atomic mass is 35.5. The van der Waals surface area contributed by atoms with Gasteiger partial charge in [0.25, 0.3) is 17.0 Å². The zero-order chi connectivity index (χ0) is 29.4. The number of aromatic carboxylic acids is 1. The van der Waals surface area contributed by atoms with Crippen molar-refractivity contribution >= 4 is 69.2 Å². The van der Waals surface area contributed by atoms with Crippen LogP contribution in [0.15, 0.2) is 60.9 Å². The number of hydrogen-bond acceptors (Lipinski definition) is 8. The van der Waals surface area contributed by atoms with Gasteiger partial charge in [-0.15, -0.1) is 0 Å². The molecule has 0 aliphatic heterocycles. The lowest BCUT2D eigenvalue weighted by Gasteiger charge is -2.12. The van der Waals surface area contributed by atoms with Gasteiger partial charge >= 0.3 is 5.97 Å². The third kappa shape index (κ3) is 7.80. The number of halogens is 5. The quantitative estimate of drug-likeness (QED) is 0.188. The molecule has 14 heteroatoms. The molecule has 9 nitrogen and oxygen atoms in total. The minimum atomic E-state index is -1.18. The Morgan fingerprint density at radius 3 is 1.48 bits per heavy atom. The van der Waals surface area contributed by atoms with E-state index in [4.69, 9.17) is 82.1 Å². The number of carbonyl (C=O) groups excluding carboxylic acids is 1. The normalized spacial score (nSPS) is 10.2. The summed E-state index contributed by atoms with van der Waals surface area (Å²) in [4.78, 5) is 30.6. The van der Waals surface area contributed by atoms with Crippen LogP contribution in [-0.4, -0.2) is 40.5 Å². The largest absolute Gasteiger partial charge is 0.478 e. The molecule has 1 N–H and O–H groups in total. The third-order valence-electron chi connectivity index (χ3n) is 4.79. The molecule has 0 atom stereocenters. The molecule has 2 aromatic carbocycles. The van der Waals surface area contributed by atoms with E-state index in [0.29, 0.717) is 5.75 Å². The van der Waals surface area contributed by atoms with Crippen LogP contribution >= 0.6 is 58.0 Å². The van der Waals surface area contributed by atoms with E-state index in [-0.39, 0.29) is 60.2 Å². The highest BCUT2D eigenvalue weighted by Crippen LogP contribution is 2.37. The highest BCUT2D eigenvalue weighted by Gasteiger charge is 2.18. The number of ether oxygens (including phenoxy) is 4. The van der Waals surface area contributed by atoms with Gasteiger partial charge in [0.15, 0.2) is 11.5 Å². The maximum atomic E-state index is 11.4. The number of rotatable bonds is 8. The van der Waals surface area contributed by atoms with E-state index in [1.54, 1.807) is 30.5 Å². The summed E-state index contributed by atoms with van der Waals surface area (Å²) < 4.78 is 21.2. The van der Waals surface area contributed by atoms with Crippen LogP contribution in [-0.2, 0) is 0 Å². The first-order valence-electron chi connectivity index (χ1n) is 10.8. The van der Waals surface area contributed by atoms with Gasteiger partial charge < -0.3 is 24.1 Å². The Morgan fingerprint density at radius 1 is 0.675 bits per heavy atom. The SMILES string of the molecule is COc1ncccc1Oc1cc(Cl)c(Cl)cc1C(=O)Cl.COc1ncccc1Oc1cc(Cl)c(Cl)cc1C(=O)O. The number of nitrogens with zero attached hydrogens (tertiary/aromatic N) is 2. The van der Waals surface area contributed by atoms with Gasteiger partial charge in [0.05, 0.1) is 39.9 Å². The van der Waals surface area contributed by atoms with Crippen molar-refractivity contribution in [2.24, 2.45) is 0 Å². The van der Waals surface area contributed by atoms with Gasteiger partial charge in [-0.05, 0) is 48.0 Å². The second-order valence-electron chi connectivity index (χ2n) is 7.33. The summed E-state index contributed by atoms with van der Waals surface area (Å²) in [6.45, 7) is 0. The van der Waals surface area contributed by atoms with Crippen LogP contribution < -0.4 is 18.9 Å². The van der Waals surface area contributed by atoms with Gasteiger partial charge in [0.2, 0.25) is 0 Å². The molecule has 208 valence electrons. The summed E-state index contributed by atoms with van der Waals surface area (Å²) in [5, 5.41) is 9.22. The molecule has 0 bridgehead atoms. The van der Waals surface area contributed by atoms with Crippen molar-refractivity contribution in [3.05, 3.63) is 92.1 Å². The van der Waals surface area contributed by atoms with E-state index in [9.17, 15) is 9.59 Å². The summed E-state index contributed by atoms with van der Waals surface area (Å²) in [6.07, 6.45) is 3.08. The fourth-order valence-corrected chi connectivity index (χ4v) is 3.78. The van der Waals surface area contributed by atoms with Gasteiger partial charge in [-0.3, -0.25) is 4.79 Å². The summed E-state index contributed by atoms with van der Waals surface area (Å²) in [7, 11) is 2.89. The molecule has 4 rings (SSSR count). The Bertz CT molecular complexity index is 1440. The number of hydrogen-bond donors (Lipinski definition) is 1. The van der Waals surface area contributed by atoms with Gasteiger partial charge in [0, 0.05) is 24.5 Å². The summed E-state index contributed by atoms with van der Waals surface area (Å²) in [5.41, 5.74) is -0.00252. The Labute approximate surface area is 253 Å². The van der Waals surface area contributed by atoms with Crippen molar-refractivity contribution in [1.29, 1.82) is 0 Å². The molecule has 0 spiro atoms. The molecule has 0 aliphatic carbocycles. The number of carboxylic acid groups (broad SMARTS) is 1. The monoisotopic (exact) mass is 644 g/mol. The van der Waals surface area contributed by atoms with Gasteiger partial charge in [-0.25, -0.2) is 14.8 Å². The first kappa shape index (κ1) is 31.1. The standard InChI is InChI=1S/C13H8Cl3NO3.C13H9Cl2NO4/c1-19-13-10(3-2-4-17-13)20-11-6-9(15)8(14)5-7(11)12(16)18;1-19-12-10(3-2-4-16-12)20-11-6-9(15)8(14)5-7(11)13(17)18/h2-6H,1H3;2-6H,1H3,(H,17,18). The Kier molecular flexibility index (Phi) is 11.1. The molecule has 40 heavy (non-hydrogen) atoms. The highest BCUT2D eigenvalue weighted by molar-refractivity contribution is 6.68. The number of carboxylic acids is 1. The van der Waals surface area contributed by atoms with E-state index >= 15 is 0 Å². The van der Waals surface area contributed by atoms with E-state index in [1.807, 2.05) is 0 Å². The maximum Gasteiger partial charge on any atom is 0.339 e. The summed E-state index contributed by atoms with van der Waals surface area (Å²) >= 11 is 29.0. The van der Waals surface area contributed by atoms with Gasteiger partial charge in [-0.1, -0.05) is 46.4 Å². The maximum absolute atomic E-state index is 11.4. The van der Waals surface area contributed by atoms with Crippen LogP contribution in [0, 0.1) is 0 Å². The van der Waals surface area contributed by atoms with E-state index < -0.39 is 11.2 Å². The van der Waals surface area contributed by atoms with Gasteiger partial charge in [0.1, 0.15) is 17.1 Å². The molecule has 0 unspecified atom stereocenters. The number of carbonyl (C=O) groups is 2. The average Bonchev–Trinajstić information content (AvgIpc) is 2.93. The molecule has 0 fully saturated rings. The second-order valence-corrected chi connectivity index (χ2v) is 9.30. The number of pyridine rings is 2. The molecule has 4 aromatic rings. The van der Waals surface area contributed by atoms with Crippen molar-refractivity contribution in [3.8, 4) is 34.8 Å².